The topological polar surface area (TPSA) is 164 Å². The maximum Gasteiger partial charge on any atom is 0.268 e. The summed E-state index contributed by atoms with van der Waals surface area (Å²) in [7, 11) is 0. The van der Waals surface area contributed by atoms with Crippen LogP contribution in [-0.2, 0) is 0 Å². The molecule has 208 valence electrons. The molecule has 4 aromatic rings. The van der Waals surface area contributed by atoms with Gasteiger partial charge in [0.25, 0.3) is 5.91 Å². The van der Waals surface area contributed by atoms with Crippen LogP contribution in [0.4, 0.5) is 10.1 Å². The SMILES string of the molecule is CCOc1cccc(F)c1-c1ncc(-c2ccc(-c3cnccc3C#N)cc2N2C[C@@H](N)C[C@H]2CO)c(C(N)=O)n1. The molecule has 0 spiro atoms. The van der Waals surface area contributed by atoms with Crippen LogP contribution in [0.3, 0.4) is 0 Å². The number of carbonyl (C=O) groups excluding carboxylic acids is 1. The molecule has 11 heteroatoms. The van der Waals surface area contributed by atoms with Gasteiger partial charge in [0, 0.05) is 53.6 Å². The van der Waals surface area contributed by atoms with Crippen molar-refractivity contribution in [1.29, 1.82) is 5.26 Å². The molecule has 0 unspecified atom stereocenters. The molecule has 10 nitrogen and oxygen atoms in total. The lowest BCUT2D eigenvalue weighted by Crippen LogP contribution is -2.33. The van der Waals surface area contributed by atoms with Crippen molar-refractivity contribution in [1.82, 2.24) is 15.0 Å². The highest BCUT2D eigenvalue weighted by molar-refractivity contribution is 6.00. The van der Waals surface area contributed by atoms with E-state index >= 15 is 0 Å². The molecule has 1 aliphatic rings. The van der Waals surface area contributed by atoms with E-state index < -0.39 is 11.7 Å². The van der Waals surface area contributed by atoms with Gasteiger partial charge in [-0.25, -0.2) is 14.4 Å². The summed E-state index contributed by atoms with van der Waals surface area (Å²) in [5, 5.41) is 19.8. The van der Waals surface area contributed by atoms with Crippen molar-refractivity contribution in [3.8, 4) is 45.5 Å². The fourth-order valence-corrected chi connectivity index (χ4v) is 5.19. The highest BCUT2D eigenvalue weighted by Crippen LogP contribution is 2.40. The van der Waals surface area contributed by atoms with Crippen molar-refractivity contribution < 1.29 is 19.0 Å². The molecule has 0 radical (unpaired) electrons. The molecule has 0 bridgehead atoms. The number of benzene rings is 2. The maximum absolute atomic E-state index is 14.9. The third kappa shape index (κ3) is 5.30. The van der Waals surface area contributed by atoms with E-state index in [0.717, 1.165) is 0 Å². The quantitative estimate of drug-likeness (QED) is 0.297. The van der Waals surface area contributed by atoms with Gasteiger partial charge in [0.05, 0.1) is 36.5 Å². The molecular weight excluding hydrogens is 525 g/mol. The summed E-state index contributed by atoms with van der Waals surface area (Å²) in [6, 6.07) is 13.1. The Morgan fingerprint density at radius 1 is 1.22 bits per heavy atom. The normalized spacial score (nSPS) is 16.4. The Bertz CT molecular complexity index is 1660. The second kappa shape index (κ2) is 11.7. The smallest absolute Gasteiger partial charge is 0.268 e. The summed E-state index contributed by atoms with van der Waals surface area (Å²) < 4.78 is 20.5. The fourth-order valence-electron chi connectivity index (χ4n) is 5.19. The number of carbonyl (C=O) groups is 1. The molecule has 1 amide bonds. The number of aromatic nitrogens is 3. The van der Waals surface area contributed by atoms with Gasteiger partial charge in [-0.05, 0) is 43.2 Å². The largest absolute Gasteiger partial charge is 0.493 e. The van der Waals surface area contributed by atoms with Crippen LogP contribution in [0.1, 0.15) is 29.4 Å². The minimum Gasteiger partial charge on any atom is -0.493 e. The number of amides is 1. The monoisotopic (exact) mass is 553 g/mol. The average molecular weight is 554 g/mol. The number of pyridine rings is 1. The van der Waals surface area contributed by atoms with Gasteiger partial charge in [-0.2, -0.15) is 5.26 Å². The first-order valence-corrected chi connectivity index (χ1v) is 13.1. The second-order valence-electron chi connectivity index (χ2n) is 9.62. The molecule has 3 heterocycles. The highest BCUT2D eigenvalue weighted by atomic mass is 19.1. The Balaban J connectivity index is 1.71. The predicted octanol–water partition coefficient (Wildman–Crippen LogP) is 3.28. The molecular formula is C30H28FN7O3. The van der Waals surface area contributed by atoms with E-state index in [4.69, 9.17) is 16.2 Å². The number of nitriles is 1. The first-order chi connectivity index (χ1) is 19.9. The lowest BCUT2D eigenvalue weighted by Gasteiger charge is -2.28. The van der Waals surface area contributed by atoms with E-state index in [2.05, 4.69) is 21.0 Å². The molecule has 2 aromatic heterocycles. The zero-order chi connectivity index (χ0) is 29.1. The number of rotatable bonds is 8. The van der Waals surface area contributed by atoms with Gasteiger partial charge < -0.3 is 26.2 Å². The van der Waals surface area contributed by atoms with Crippen molar-refractivity contribution in [3.05, 3.63) is 78.1 Å². The van der Waals surface area contributed by atoms with Crippen LogP contribution in [0.25, 0.3) is 33.6 Å². The zero-order valence-electron chi connectivity index (χ0n) is 22.3. The molecule has 1 saturated heterocycles. The Kier molecular flexibility index (Phi) is 7.87. The summed E-state index contributed by atoms with van der Waals surface area (Å²) in [6.45, 7) is 2.37. The van der Waals surface area contributed by atoms with Crippen LogP contribution in [-0.4, -0.2) is 57.8 Å². The van der Waals surface area contributed by atoms with Crippen LogP contribution in [0.2, 0.25) is 0 Å². The van der Waals surface area contributed by atoms with Crippen molar-refractivity contribution in [2.45, 2.75) is 25.4 Å². The van der Waals surface area contributed by atoms with Gasteiger partial charge in [0.15, 0.2) is 5.82 Å². The number of anilines is 1. The second-order valence-corrected chi connectivity index (χ2v) is 9.62. The van der Waals surface area contributed by atoms with Gasteiger partial charge in [-0.15, -0.1) is 0 Å². The molecule has 0 aliphatic carbocycles. The zero-order valence-corrected chi connectivity index (χ0v) is 22.3. The van der Waals surface area contributed by atoms with E-state index in [1.165, 1.54) is 18.3 Å². The van der Waals surface area contributed by atoms with Crippen LogP contribution < -0.4 is 21.1 Å². The van der Waals surface area contributed by atoms with Crippen LogP contribution in [0, 0.1) is 17.1 Å². The number of ether oxygens (including phenoxy) is 1. The molecule has 1 aliphatic heterocycles. The van der Waals surface area contributed by atoms with Gasteiger partial charge in [0.2, 0.25) is 0 Å². The third-order valence-electron chi connectivity index (χ3n) is 7.03. The Morgan fingerprint density at radius 3 is 2.78 bits per heavy atom. The Morgan fingerprint density at radius 2 is 2.05 bits per heavy atom. The van der Waals surface area contributed by atoms with Crippen molar-refractivity contribution in [3.63, 3.8) is 0 Å². The van der Waals surface area contributed by atoms with Crippen LogP contribution in [0.5, 0.6) is 5.75 Å². The summed E-state index contributed by atoms with van der Waals surface area (Å²) >= 11 is 0. The lowest BCUT2D eigenvalue weighted by molar-refractivity contribution is 0.0996. The van der Waals surface area contributed by atoms with Gasteiger partial charge >= 0.3 is 0 Å². The molecule has 2 aromatic carbocycles. The molecule has 1 fully saturated rings. The number of primary amides is 1. The maximum atomic E-state index is 14.9. The van der Waals surface area contributed by atoms with E-state index in [0.29, 0.717) is 53.1 Å². The van der Waals surface area contributed by atoms with Gasteiger partial charge in [-0.1, -0.05) is 18.2 Å². The number of aliphatic hydroxyl groups excluding tert-OH is 1. The number of nitrogens with two attached hydrogens (primary N) is 2. The number of hydrogen-bond acceptors (Lipinski definition) is 9. The van der Waals surface area contributed by atoms with Crippen molar-refractivity contribution >= 4 is 11.6 Å². The first-order valence-electron chi connectivity index (χ1n) is 13.1. The Hall–Kier alpha value is -4.92. The molecule has 5 N–H and O–H groups in total. The minimum absolute atomic E-state index is 0.0189. The lowest BCUT2D eigenvalue weighted by atomic mass is 9.95. The molecule has 41 heavy (non-hydrogen) atoms. The number of halogens is 1. The molecule has 5 rings (SSSR count). The van der Waals surface area contributed by atoms with E-state index in [1.807, 2.05) is 11.0 Å². The van der Waals surface area contributed by atoms with Crippen LogP contribution in [0.15, 0.2) is 61.1 Å². The van der Waals surface area contributed by atoms with Gasteiger partial charge in [0.1, 0.15) is 17.3 Å². The van der Waals surface area contributed by atoms with Gasteiger partial charge in [-0.3, -0.25) is 9.78 Å². The van der Waals surface area contributed by atoms with E-state index in [1.54, 1.807) is 43.6 Å². The fraction of sp³-hybridized carbons (Fsp3) is 0.233. The molecule has 2 atom stereocenters. The highest BCUT2D eigenvalue weighted by Gasteiger charge is 2.32. The number of hydrogen-bond donors (Lipinski definition) is 3. The third-order valence-corrected chi connectivity index (χ3v) is 7.03. The number of nitrogens with zero attached hydrogens (tertiary/aromatic N) is 5. The Labute approximate surface area is 236 Å². The molecule has 0 saturated carbocycles. The van der Waals surface area contributed by atoms with E-state index in [-0.39, 0.29) is 41.5 Å². The average Bonchev–Trinajstić information content (AvgIpc) is 3.37. The number of aliphatic hydroxyl groups is 1. The summed E-state index contributed by atoms with van der Waals surface area (Å²) in [5.74, 6) is -1.25. The first kappa shape index (κ1) is 27.6. The van der Waals surface area contributed by atoms with Crippen molar-refractivity contribution in [2.75, 3.05) is 24.7 Å². The standard InChI is InChI=1S/C30H28FN7O3/c1-2-41-26-5-3-4-24(31)27(26)30-36-14-23(28(37-30)29(34)40)21-7-6-17(22-13-35-9-8-18(22)12-32)10-25(21)38-15-19(33)11-20(38)16-39/h3-10,13-14,19-20,39H,2,11,15-16,33H2,1H3,(H2,34,40)/t19-,20-/m0/s1. The van der Waals surface area contributed by atoms with Crippen LogP contribution >= 0.6 is 0 Å². The van der Waals surface area contributed by atoms with Crippen molar-refractivity contribution in [2.24, 2.45) is 11.5 Å². The summed E-state index contributed by atoms with van der Waals surface area (Å²) in [6.07, 6.45) is 5.14. The predicted molar refractivity (Wildman–Crippen MR) is 151 cm³/mol. The summed E-state index contributed by atoms with van der Waals surface area (Å²) in [4.78, 5) is 27.7. The minimum atomic E-state index is -0.830. The summed E-state index contributed by atoms with van der Waals surface area (Å²) in [5.41, 5.74) is 15.3. The van der Waals surface area contributed by atoms with E-state index in [9.17, 15) is 19.6 Å².